The summed E-state index contributed by atoms with van der Waals surface area (Å²) in [7, 11) is 2.00. The van der Waals surface area contributed by atoms with Crippen molar-refractivity contribution in [2.45, 2.75) is 44.9 Å². The first kappa shape index (κ1) is 18.2. The summed E-state index contributed by atoms with van der Waals surface area (Å²) in [6.07, 6.45) is 8.82. The number of ether oxygens (including phenoxy) is 1. The molecule has 1 heterocycles. The Hall–Kier alpha value is -1.55. The van der Waals surface area contributed by atoms with Crippen molar-refractivity contribution in [2.75, 3.05) is 33.3 Å². The van der Waals surface area contributed by atoms with Crippen LogP contribution in [0.15, 0.2) is 24.3 Å². The van der Waals surface area contributed by atoms with Gasteiger partial charge in [0.15, 0.2) is 0 Å². The van der Waals surface area contributed by atoms with E-state index in [9.17, 15) is 4.79 Å². The summed E-state index contributed by atoms with van der Waals surface area (Å²) in [5.74, 6) is 2.44. The second-order valence-corrected chi connectivity index (χ2v) is 7.63. The number of nitrogens with zero attached hydrogens (tertiary/aromatic N) is 1. The molecule has 1 N–H and O–H groups in total. The van der Waals surface area contributed by atoms with Crippen LogP contribution in [0.25, 0.3) is 0 Å². The number of likely N-dealkylation sites (tertiary alicyclic amines) is 1. The molecule has 0 bridgehead atoms. The Balaban J connectivity index is 1.47. The van der Waals surface area contributed by atoms with E-state index in [-0.39, 0.29) is 5.91 Å². The maximum atomic E-state index is 12.7. The summed E-state index contributed by atoms with van der Waals surface area (Å²) in [6.45, 7) is 3.59. The Kier molecular flexibility index (Phi) is 6.74. The highest BCUT2D eigenvalue weighted by Gasteiger charge is 2.23. The fraction of sp³-hybridized carbons (Fsp3) is 0.667. The first-order valence-corrected chi connectivity index (χ1v) is 9.93. The third-order valence-corrected chi connectivity index (χ3v) is 5.71. The average Bonchev–Trinajstić information content (AvgIpc) is 2.68. The largest absolute Gasteiger partial charge is 0.493 e. The van der Waals surface area contributed by atoms with Crippen molar-refractivity contribution in [1.29, 1.82) is 0 Å². The molecule has 1 aliphatic carbocycles. The lowest BCUT2D eigenvalue weighted by Gasteiger charge is -2.32. The van der Waals surface area contributed by atoms with E-state index in [0.29, 0.717) is 11.8 Å². The molecule has 0 spiro atoms. The summed E-state index contributed by atoms with van der Waals surface area (Å²) in [6, 6.07) is 7.73. The van der Waals surface area contributed by atoms with Crippen LogP contribution in [0, 0.1) is 11.8 Å². The predicted molar refractivity (Wildman–Crippen MR) is 101 cm³/mol. The normalized spacial score (nSPS) is 19.8. The maximum Gasteiger partial charge on any atom is 0.253 e. The van der Waals surface area contributed by atoms with E-state index >= 15 is 0 Å². The zero-order valence-electron chi connectivity index (χ0n) is 15.5. The Bertz CT molecular complexity index is 529. The number of hydrogen-bond donors (Lipinski definition) is 1. The molecule has 1 aromatic rings. The molecule has 2 fully saturated rings. The van der Waals surface area contributed by atoms with Crippen molar-refractivity contribution in [3.63, 3.8) is 0 Å². The lowest BCUT2D eigenvalue weighted by Crippen LogP contribution is -2.40. The zero-order valence-corrected chi connectivity index (χ0v) is 15.5. The van der Waals surface area contributed by atoms with Gasteiger partial charge in [-0.2, -0.15) is 0 Å². The van der Waals surface area contributed by atoms with Crippen LogP contribution in [0.4, 0.5) is 0 Å². The molecule has 1 saturated heterocycles. The Morgan fingerprint density at radius 1 is 1.04 bits per heavy atom. The van der Waals surface area contributed by atoms with Crippen molar-refractivity contribution < 1.29 is 9.53 Å². The number of carbonyl (C=O) groups is 1. The average molecular weight is 344 g/mol. The molecule has 1 aromatic carbocycles. The van der Waals surface area contributed by atoms with Crippen LogP contribution in [0.5, 0.6) is 5.75 Å². The van der Waals surface area contributed by atoms with Crippen molar-refractivity contribution in [3.05, 3.63) is 29.8 Å². The first-order valence-electron chi connectivity index (χ1n) is 9.93. The molecule has 2 aliphatic rings. The van der Waals surface area contributed by atoms with Crippen molar-refractivity contribution in [3.8, 4) is 5.75 Å². The van der Waals surface area contributed by atoms with E-state index in [4.69, 9.17) is 4.74 Å². The third kappa shape index (κ3) is 5.21. The van der Waals surface area contributed by atoms with Gasteiger partial charge in [0.25, 0.3) is 5.91 Å². The Morgan fingerprint density at radius 2 is 1.72 bits per heavy atom. The van der Waals surface area contributed by atoms with Gasteiger partial charge in [0.05, 0.1) is 6.61 Å². The quantitative estimate of drug-likeness (QED) is 0.855. The molecular weight excluding hydrogens is 312 g/mol. The molecule has 3 rings (SSSR count). The molecule has 25 heavy (non-hydrogen) atoms. The van der Waals surface area contributed by atoms with Gasteiger partial charge in [-0.25, -0.2) is 0 Å². The van der Waals surface area contributed by atoms with Crippen LogP contribution in [-0.4, -0.2) is 44.1 Å². The fourth-order valence-electron chi connectivity index (χ4n) is 4.07. The molecule has 0 atom stereocenters. The minimum Gasteiger partial charge on any atom is -0.493 e. The van der Waals surface area contributed by atoms with Crippen LogP contribution in [0.3, 0.4) is 0 Å². The van der Waals surface area contributed by atoms with Gasteiger partial charge in [-0.3, -0.25) is 4.79 Å². The summed E-state index contributed by atoms with van der Waals surface area (Å²) >= 11 is 0. The smallest absolute Gasteiger partial charge is 0.253 e. The number of rotatable bonds is 6. The van der Waals surface area contributed by atoms with Gasteiger partial charge >= 0.3 is 0 Å². The van der Waals surface area contributed by atoms with Crippen molar-refractivity contribution in [1.82, 2.24) is 10.2 Å². The molecule has 138 valence electrons. The first-order chi connectivity index (χ1) is 12.3. The van der Waals surface area contributed by atoms with Gasteiger partial charge in [-0.1, -0.05) is 19.3 Å². The summed E-state index contributed by atoms with van der Waals surface area (Å²) in [5, 5.41) is 3.24. The fourth-order valence-corrected chi connectivity index (χ4v) is 4.07. The van der Waals surface area contributed by atoms with Crippen LogP contribution >= 0.6 is 0 Å². The van der Waals surface area contributed by atoms with Gasteiger partial charge in [-0.05, 0) is 75.4 Å². The lowest BCUT2D eigenvalue weighted by molar-refractivity contribution is 0.0691. The van der Waals surface area contributed by atoms with Gasteiger partial charge in [0.1, 0.15) is 5.75 Å². The standard InChI is InChI=1S/C21H32N2O2/c1-22-15-17-11-13-23(14-12-17)21(24)19-7-9-20(10-8-19)25-16-18-5-3-2-4-6-18/h7-10,17-18,22H,2-6,11-16H2,1H3. The molecule has 0 unspecified atom stereocenters. The van der Waals surface area contributed by atoms with Crippen molar-refractivity contribution >= 4 is 5.91 Å². The number of carbonyl (C=O) groups excluding carboxylic acids is 1. The summed E-state index contributed by atoms with van der Waals surface area (Å²) in [5.41, 5.74) is 0.775. The van der Waals surface area contributed by atoms with Crippen LogP contribution in [0.1, 0.15) is 55.3 Å². The van der Waals surface area contributed by atoms with E-state index in [1.807, 2.05) is 36.2 Å². The van der Waals surface area contributed by atoms with E-state index < -0.39 is 0 Å². The van der Waals surface area contributed by atoms with Gasteiger partial charge in [0.2, 0.25) is 0 Å². The second-order valence-electron chi connectivity index (χ2n) is 7.63. The number of benzene rings is 1. The van der Waals surface area contributed by atoms with E-state index in [0.717, 1.165) is 50.4 Å². The number of piperidine rings is 1. The Labute approximate surface area is 151 Å². The van der Waals surface area contributed by atoms with Gasteiger partial charge in [0, 0.05) is 18.7 Å². The minimum atomic E-state index is 0.154. The topological polar surface area (TPSA) is 41.6 Å². The lowest BCUT2D eigenvalue weighted by atomic mass is 9.90. The number of hydrogen-bond acceptors (Lipinski definition) is 3. The predicted octanol–water partition coefficient (Wildman–Crippen LogP) is 3.72. The van der Waals surface area contributed by atoms with Gasteiger partial charge in [-0.15, -0.1) is 0 Å². The van der Waals surface area contributed by atoms with E-state index in [2.05, 4.69) is 5.32 Å². The summed E-state index contributed by atoms with van der Waals surface area (Å²) < 4.78 is 5.93. The highest BCUT2D eigenvalue weighted by atomic mass is 16.5. The maximum absolute atomic E-state index is 12.7. The highest BCUT2D eigenvalue weighted by molar-refractivity contribution is 5.94. The summed E-state index contributed by atoms with van der Waals surface area (Å²) in [4.78, 5) is 14.6. The van der Waals surface area contributed by atoms with Crippen LogP contribution in [-0.2, 0) is 0 Å². The number of amides is 1. The van der Waals surface area contributed by atoms with Crippen LogP contribution < -0.4 is 10.1 Å². The SMILES string of the molecule is CNCC1CCN(C(=O)c2ccc(OCC3CCCCC3)cc2)CC1. The zero-order chi connectivity index (χ0) is 17.5. The third-order valence-electron chi connectivity index (χ3n) is 5.71. The second kappa shape index (κ2) is 9.23. The molecule has 1 amide bonds. The highest BCUT2D eigenvalue weighted by Crippen LogP contribution is 2.25. The molecule has 0 aromatic heterocycles. The van der Waals surface area contributed by atoms with Crippen molar-refractivity contribution in [2.24, 2.45) is 11.8 Å². The molecule has 1 saturated carbocycles. The van der Waals surface area contributed by atoms with E-state index in [1.165, 1.54) is 32.1 Å². The molecule has 0 radical (unpaired) electrons. The van der Waals surface area contributed by atoms with E-state index in [1.54, 1.807) is 0 Å². The monoisotopic (exact) mass is 344 g/mol. The molecule has 4 nitrogen and oxygen atoms in total. The van der Waals surface area contributed by atoms with Crippen LogP contribution in [0.2, 0.25) is 0 Å². The Morgan fingerprint density at radius 3 is 2.36 bits per heavy atom. The molecule has 1 aliphatic heterocycles. The number of nitrogens with one attached hydrogen (secondary N) is 1. The molecule has 4 heteroatoms. The molecular formula is C21H32N2O2. The van der Waals surface area contributed by atoms with Gasteiger partial charge < -0.3 is 15.0 Å². The minimum absolute atomic E-state index is 0.154.